The van der Waals surface area contributed by atoms with Gasteiger partial charge in [-0.25, -0.2) is 0 Å². The molecule has 0 fully saturated rings. The molecular formula is C22H21N3O3. The lowest BCUT2D eigenvalue weighted by molar-refractivity contribution is 0.0918. The van der Waals surface area contributed by atoms with E-state index in [-0.39, 0.29) is 18.3 Å². The number of fused-ring (bicyclic) bond motifs is 1. The Labute approximate surface area is 162 Å². The molecular weight excluding hydrogens is 354 g/mol. The quantitative estimate of drug-likeness (QED) is 0.553. The highest BCUT2D eigenvalue weighted by atomic mass is 16.5. The van der Waals surface area contributed by atoms with Gasteiger partial charge < -0.3 is 14.5 Å². The summed E-state index contributed by atoms with van der Waals surface area (Å²) in [5.41, 5.74) is 1.84. The van der Waals surface area contributed by atoms with Gasteiger partial charge in [0.1, 0.15) is 18.1 Å². The van der Waals surface area contributed by atoms with Gasteiger partial charge in [-0.3, -0.25) is 9.48 Å². The molecule has 4 rings (SSSR count). The first-order chi connectivity index (χ1) is 13.6. The molecule has 4 aromatic rings. The van der Waals surface area contributed by atoms with E-state index in [1.165, 1.54) is 0 Å². The molecule has 0 saturated heterocycles. The molecule has 0 radical (unpaired) electrons. The smallest absolute Gasteiger partial charge is 0.287 e. The average molecular weight is 375 g/mol. The summed E-state index contributed by atoms with van der Waals surface area (Å²) in [7, 11) is 1.87. The summed E-state index contributed by atoms with van der Waals surface area (Å²) in [4.78, 5) is 12.3. The van der Waals surface area contributed by atoms with Gasteiger partial charge in [-0.15, -0.1) is 0 Å². The van der Waals surface area contributed by atoms with E-state index >= 15 is 0 Å². The number of amides is 1. The van der Waals surface area contributed by atoms with Crippen molar-refractivity contribution in [1.82, 2.24) is 15.1 Å². The zero-order chi connectivity index (χ0) is 19.5. The van der Waals surface area contributed by atoms with Crippen LogP contribution < -0.4 is 10.1 Å². The Bertz CT molecular complexity index is 1100. The van der Waals surface area contributed by atoms with Crippen LogP contribution in [0.3, 0.4) is 0 Å². The minimum atomic E-state index is -0.278. The van der Waals surface area contributed by atoms with Crippen LogP contribution in [-0.4, -0.2) is 15.7 Å². The topological polar surface area (TPSA) is 69.3 Å². The number of furan rings is 1. The number of nitrogens with zero attached hydrogens (tertiary/aromatic N) is 2. The van der Waals surface area contributed by atoms with Gasteiger partial charge in [0.2, 0.25) is 0 Å². The fraction of sp³-hybridized carbons (Fsp3) is 0.182. The van der Waals surface area contributed by atoms with Crippen molar-refractivity contribution >= 4 is 16.7 Å². The van der Waals surface area contributed by atoms with Crippen LogP contribution in [0.25, 0.3) is 10.8 Å². The van der Waals surface area contributed by atoms with E-state index < -0.39 is 0 Å². The van der Waals surface area contributed by atoms with Crippen molar-refractivity contribution in [3.05, 3.63) is 83.6 Å². The lowest BCUT2D eigenvalue weighted by atomic mass is 10.1. The highest BCUT2D eigenvalue weighted by molar-refractivity contribution is 5.91. The predicted octanol–water partition coefficient (Wildman–Crippen LogP) is 3.98. The maximum atomic E-state index is 12.3. The largest absolute Gasteiger partial charge is 0.485 e. The number of carbonyl (C=O) groups is 1. The molecule has 142 valence electrons. The first-order valence-corrected chi connectivity index (χ1v) is 9.07. The molecule has 6 heteroatoms. The summed E-state index contributed by atoms with van der Waals surface area (Å²) >= 11 is 0. The third-order valence-electron chi connectivity index (χ3n) is 4.60. The van der Waals surface area contributed by atoms with Gasteiger partial charge in [0.15, 0.2) is 5.76 Å². The first-order valence-electron chi connectivity index (χ1n) is 9.07. The molecule has 0 saturated carbocycles. The molecule has 2 aromatic carbocycles. The highest BCUT2D eigenvalue weighted by Gasteiger charge is 2.13. The molecule has 6 nitrogen and oxygen atoms in total. The summed E-state index contributed by atoms with van der Waals surface area (Å²) in [6, 6.07) is 19.3. The van der Waals surface area contributed by atoms with Crippen LogP contribution in [-0.2, 0) is 20.2 Å². The molecule has 0 atom stereocenters. The summed E-state index contributed by atoms with van der Waals surface area (Å²) in [5.74, 6) is 1.35. The van der Waals surface area contributed by atoms with Gasteiger partial charge in [-0.05, 0) is 36.6 Å². The third kappa shape index (κ3) is 3.76. The summed E-state index contributed by atoms with van der Waals surface area (Å²) in [5, 5.41) is 9.29. The van der Waals surface area contributed by atoms with Gasteiger partial charge in [0, 0.05) is 18.1 Å². The van der Waals surface area contributed by atoms with Gasteiger partial charge >= 0.3 is 0 Å². The Hall–Kier alpha value is -3.54. The number of nitrogens with one attached hydrogen (secondary N) is 1. The molecule has 0 unspecified atom stereocenters. The second-order valence-corrected chi connectivity index (χ2v) is 6.62. The van der Waals surface area contributed by atoms with Crippen molar-refractivity contribution in [2.75, 3.05) is 0 Å². The van der Waals surface area contributed by atoms with Gasteiger partial charge in [-0.1, -0.05) is 36.4 Å². The summed E-state index contributed by atoms with van der Waals surface area (Å²) < 4.78 is 13.3. The normalized spacial score (nSPS) is 10.9. The zero-order valence-electron chi connectivity index (χ0n) is 15.8. The van der Waals surface area contributed by atoms with Crippen LogP contribution in [0, 0.1) is 6.92 Å². The number of aryl methyl sites for hydroxylation is 2. The molecule has 1 N–H and O–H groups in total. The number of hydrogen-bond donors (Lipinski definition) is 1. The fourth-order valence-corrected chi connectivity index (χ4v) is 3.03. The van der Waals surface area contributed by atoms with E-state index in [9.17, 15) is 4.79 Å². The molecule has 2 aromatic heterocycles. The van der Waals surface area contributed by atoms with Crippen LogP contribution in [0.5, 0.6) is 5.75 Å². The zero-order valence-corrected chi connectivity index (χ0v) is 15.8. The Morgan fingerprint density at radius 3 is 2.79 bits per heavy atom. The summed E-state index contributed by atoms with van der Waals surface area (Å²) in [6.45, 7) is 2.57. The van der Waals surface area contributed by atoms with Gasteiger partial charge in [-0.2, -0.15) is 5.10 Å². The monoisotopic (exact) mass is 375 g/mol. The lowest BCUT2D eigenvalue weighted by Gasteiger charge is -2.08. The number of hydrogen-bond acceptors (Lipinski definition) is 4. The maximum absolute atomic E-state index is 12.3. The van der Waals surface area contributed by atoms with E-state index in [4.69, 9.17) is 9.15 Å². The second kappa shape index (κ2) is 7.60. The minimum Gasteiger partial charge on any atom is -0.485 e. The lowest BCUT2D eigenvalue weighted by Crippen LogP contribution is -2.22. The number of benzene rings is 2. The van der Waals surface area contributed by atoms with Crippen LogP contribution in [0.2, 0.25) is 0 Å². The second-order valence-electron chi connectivity index (χ2n) is 6.62. The van der Waals surface area contributed by atoms with Crippen molar-refractivity contribution in [3.63, 3.8) is 0 Å². The molecule has 0 spiro atoms. The van der Waals surface area contributed by atoms with E-state index in [0.717, 1.165) is 27.9 Å². The maximum Gasteiger partial charge on any atom is 0.287 e. The third-order valence-corrected chi connectivity index (χ3v) is 4.60. The predicted molar refractivity (Wildman–Crippen MR) is 106 cm³/mol. The van der Waals surface area contributed by atoms with E-state index in [1.807, 2.05) is 62.5 Å². The number of ether oxygens (including phenoxy) is 1. The molecule has 0 bridgehead atoms. The highest BCUT2D eigenvalue weighted by Crippen LogP contribution is 2.26. The van der Waals surface area contributed by atoms with Crippen LogP contribution in [0.4, 0.5) is 0 Å². The van der Waals surface area contributed by atoms with E-state index in [1.54, 1.807) is 16.8 Å². The fourth-order valence-electron chi connectivity index (χ4n) is 3.03. The van der Waals surface area contributed by atoms with Crippen molar-refractivity contribution in [2.45, 2.75) is 20.1 Å². The SMILES string of the molecule is Cc1cc(CNC(=O)c2ccc(COc3cccc4ccccc34)o2)nn1C. The Kier molecular flexibility index (Phi) is 4.85. The van der Waals surface area contributed by atoms with Crippen molar-refractivity contribution < 1.29 is 13.9 Å². The van der Waals surface area contributed by atoms with E-state index in [2.05, 4.69) is 10.4 Å². The number of rotatable bonds is 6. The molecule has 0 aliphatic carbocycles. The Morgan fingerprint density at radius 2 is 1.96 bits per heavy atom. The van der Waals surface area contributed by atoms with Gasteiger partial charge in [0.25, 0.3) is 5.91 Å². The van der Waals surface area contributed by atoms with Crippen LogP contribution >= 0.6 is 0 Å². The average Bonchev–Trinajstić information content (AvgIpc) is 3.31. The van der Waals surface area contributed by atoms with Crippen LogP contribution in [0.15, 0.2) is 65.1 Å². The number of carbonyl (C=O) groups excluding carboxylic acids is 1. The first kappa shape index (κ1) is 17.9. The molecule has 28 heavy (non-hydrogen) atoms. The Balaban J connectivity index is 1.38. The summed E-state index contributed by atoms with van der Waals surface area (Å²) in [6.07, 6.45) is 0. The van der Waals surface area contributed by atoms with Crippen LogP contribution in [0.1, 0.15) is 27.7 Å². The molecule has 1 amide bonds. The van der Waals surface area contributed by atoms with Gasteiger partial charge in [0.05, 0.1) is 12.2 Å². The molecule has 2 heterocycles. The standard InChI is InChI=1S/C22H21N3O3/c1-15-12-17(24-25(15)2)13-23-22(26)21-11-10-18(28-21)14-27-20-9-5-7-16-6-3-4-8-19(16)20/h3-12H,13-14H2,1-2H3,(H,23,26). The van der Waals surface area contributed by atoms with Crippen molar-refractivity contribution in [2.24, 2.45) is 7.05 Å². The van der Waals surface area contributed by atoms with Crippen molar-refractivity contribution in [3.8, 4) is 5.75 Å². The molecule has 0 aliphatic heterocycles. The number of aromatic nitrogens is 2. The van der Waals surface area contributed by atoms with Crippen molar-refractivity contribution in [1.29, 1.82) is 0 Å². The van der Waals surface area contributed by atoms with E-state index in [0.29, 0.717) is 12.3 Å². The Morgan fingerprint density at radius 1 is 1.14 bits per heavy atom. The molecule has 0 aliphatic rings. The minimum absolute atomic E-state index is 0.251.